The summed E-state index contributed by atoms with van der Waals surface area (Å²) in [5.74, 6) is -1.10. The Labute approximate surface area is 141 Å². The molecule has 0 aliphatic carbocycles. The summed E-state index contributed by atoms with van der Waals surface area (Å²) < 4.78 is 14.3. The maximum absolute atomic E-state index is 13.1. The van der Waals surface area contributed by atoms with Gasteiger partial charge < -0.3 is 5.11 Å². The largest absolute Gasteiger partial charge is 0.480 e. The van der Waals surface area contributed by atoms with E-state index in [0.29, 0.717) is 27.2 Å². The molecule has 0 aliphatic rings. The minimum absolute atomic E-state index is 0.0854. The number of hydrogen-bond donors (Lipinski definition) is 1. The molecule has 0 radical (unpaired) electrons. The van der Waals surface area contributed by atoms with E-state index in [1.165, 1.54) is 28.0 Å². The fourth-order valence-electron chi connectivity index (χ4n) is 2.61. The predicted octanol–water partition coefficient (Wildman–Crippen LogP) is 3.47. The van der Waals surface area contributed by atoms with E-state index in [2.05, 4.69) is 4.98 Å². The molecule has 0 fully saturated rings. The highest BCUT2D eigenvalue weighted by molar-refractivity contribution is 7.17. The molecule has 5 nitrogen and oxygen atoms in total. The molecule has 0 amide bonds. The van der Waals surface area contributed by atoms with E-state index in [1.54, 1.807) is 17.5 Å². The first-order valence-corrected chi connectivity index (χ1v) is 8.26. The van der Waals surface area contributed by atoms with E-state index in [0.717, 1.165) is 0 Å². The molecule has 1 N–H and O–H groups in total. The Kier molecular flexibility index (Phi) is 4.19. The molecule has 124 valence electrons. The lowest BCUT2D eigenvalue weighted by atomic mass is 10.1. The molecule has 2 heterocycles. The van der Waals surface area contributed by atoms with Gasteiger partial charge in [-0.3, -0.25) is 14.2 Å². The van der Waals surface area contributed by atoms with Gasteiger partial charge in [0.1, 0.15) is 23.0 Å². The second-order valence-corrected chi connectivity index (χ2v) is 6.60. The molecule has 0 atom stereocenters. The van der Waals surface area contributed by atoms with Crippen molar-refractivity contribution in [3.05, 3.63) is 51.6 Å². The first-order valence-electron chi connectivity index (χ1n) is 7.38. The summed E-state index contributed by atoms with van der Waals surface area (Å²) >= 11 is 1.32. The standard InChI is InChI=1S/C17H15FN2O3S/c1-9(2)15-19-16-14(17(23)20(15)7-13(21)22)12(8-24-16)10-3-5-11(18)6-4-10/h3-6,8-9H,7H2,1-2H3,(H,21,22). The summed E-state index contributed by atoms with van der Waals surface area (Å²) in [5.41, 5.74) is 0.953. The first-order chi connectivity index (χ1) is 11.4. The van der Waals surface area contributed by atoms with Crippen LogP contribution >= 0.6 is 11.3 Å². The number of rotatable bonds is 4. The lowest BCUT2D eigenvalue weighted by Gasteiger charge is -2.13. The van der Waals surface area contributed by atoms with Gasteiger partial charge in [-0.15, -0.1) is 11.3 Å². The summed E-state index contributed by atoms with van der Waals surface area (Å²) in [6.07, 6.45) is 0. The van der Waals surface area contributed by atoms with Crippen LogP contribution in [0.25, 0.3) is 21.3 Å². The van der Waals surface area contributed by atoms with Gasteiger partial charge in [-0.05, 0) is 17.7 Å². The molecule has 0 bridgehead atoms. The summed E-state index contributed by atoms with van der Waals surface area (Å²) in [5, 5.41) is 11.3. The Morgan fingerprint density at radius 1 is 1.33 bits per heavy atom. The van der Waals surface area contributed by atoms with E-state index in [-0.39, 0.29) is 17.3 Å². The minimum Gasteiger partial charge on any atom is -0.480 e. The third-order valence-corrected chi connectivity index (χ3v) is 4.56. The lowest BCUT2D eigenvalue weighted by Crippen LogP contribution is -2.29. The van der Waals surface area contributed by atoms with Crippen molar-refractivity contribution in [3.63, 3.8) is 0 Å². The number of aliphatic carboxylic acids is 1. The monoisotopic (exact) mass is 346 g/mol. The van der Waals surface area contributed by atoms with Gasteiger partial charge in [0.2, 0.25) is 0 Å². The SMILES string of the molecule is CC(C)c1nc2scc(-c3ccc(F)cc3)c2c(=O)n1CC(=O)O. The van der Waals surface area contributed by atoms with Gasteiger partial charge in [0.25, 0.3) is 5.56 Å². The van der Waals surface area contributed by atoms with Crippen LogP contribution in [0, 0.1) is 5.82 Å². The number of fused-ring (bicyclic) bond motifs is 1. The van der Waals surface area contributed by atoms with Crippen LogP contribution in [0.3, 0.4) is 0 Å². The summed E-state index contributed by atoms with van der Waals surface area (Å²) in [4.78, 5) is 29.1. The van der Waals surface area contributed by atoms with Crippen LogP contribution in [0.1, 0.15) is 25.6 Å². The Balaban J connectivity index is 2.30. The minimum atomic E-state index is -1.10. The van der Waals surface area contributed by atoms with Crippen LogP contribution in [0.2, 0.25) is 0 Å². The number of hydrogen-bond acceptors (Lipinski definition) is 4. The van der Waals surface area contributed by atoms with Crippen molar-refractivity contribution in [1.82, 2.24) is 9.55 Å². The zero-order valence-electron chi connectivity index (χ0n) is 13.1. The van der Waals surface area contributed by atoms with Crippen molar-refractivity contribution in [2.24, 2.45) is 0 Å². The van der Waals surface area contributed by atoms with E-state index < -0.39 is 12.5 Å². The molecule has 3 rings (SSSR count). The van der Waals surface area contributed by atoms with Gasteiger partial charge in [-0.2, -0.15) is 0 Å². The van der Waals surface area contributed by atoms with Gasteiger partial charge in [0.15, 0.2) is 0 Å². The average molecular weight is 346 g/mol. The van der Waals surface area contributed by atoms with Crippen LogP contribution in [0.5, 0.6) is 0 Å². The molecule has 0 unspecified atom stereocenters. The molecule has 2 aromatic heterocycles. The van der Waals surface area contributed by atoms with Crippen molar-refractivity contribution in [2.45, 2.75) is 26.3 Å². The van der Waals surface area contributed by atoms with Crippen molar-refractivity contribution in [3.8, 4) is 11.1 Å². The first kappa shape index (κ1) is 16.3. The molecular formula is C17H15FN2O3S. The topological polar surface area (TPSA) is 72.2 Å². The van der Waals surface area contributed by atoms with Crippen molar-refractivity contribution >= 4 is 27.5 Å². The molecule has 24 heavy (non-hydrogen) atoms. The Morgan fingerprint density at radius 3 is 2.58 bits per heavy atom. The van der Waals surface area contributed by atoms with Gasteiger partial charge in [-0.25, -0.2) is 9.37 Å². The third-order valence-electron chi connectivity index (χ3n) is 3.69. The number of nitrogens with zero attached hydrogens (tertiary/aromatic N) is 2. The number of benzene rings is 1. The fourth-order valence-corrected chi connectivity index (χ4v) is 3.56. The summed E-state index contributed by atoms with van der Waals surface area (Å²) in [7, 11) is 0. The lowest BCUT2D eigenvalue weighted by molar-refractivity contribution is -0.137. The number of thiophene rings is 1. The van der Waals surface area contributed by atoms with Crippen LogP contribution in [-0.2, 0) is 11.3 Å². The quantitative estimate of drug-likeness (QED) is 0.785. The maximum atomic E-state index is 13.1. The predicted molar refractivity (Wildman–Crippen MR) is 91.0 cm³/mol. The van der Waals surface area contributed by atoms with Crippen LogP contribution in [0.15, 0.2) is 34.4 Å². The van der Waals surface area contributed by atoms with Crippen LogP contribution in [-0.4, -0.2) is 20.6 Å². The molecule has 0 saturated heterocycles. The molecule has 0 aliphatic heterocycles. The van der Waals surface area contributed by atoms with Gasteiger partial charge in [0, 0.05) is 16.9 Å². The number of carboxylic acid groups (broad SMARTS) is 1. The Morgan fingerprint density at radius 2 is 2.00 bits per heavy atom. The second-order valence-electron chi connectivity index (χ2n) is 5.75. The summed E-state index contributed by atoms with van der Waals surface area (Å²) in [6, 6.07) is 5.83. The number of carboxylic acids is 1. The average Bonchev–Trinajstić information content (AvgIpc) is 2.94. The highest BCUT2D eigenvalue weighted by Gasteiger charge is 2.19. The summed E-state index contributed by atoms with van der Waals surface area (Å²) in [6.45, 7) is 3.29. The molecular weight excluding hydrogens is 331 g/mol. The smallest absolute Gasteiger partial charge is 0.323 e. The highest BCUT2D eigenvalue weighted by Crippen LogP contribution is 2.31. The van der Waals surface area contributed by atoms with Gasteiger partial charge in [0.05, 0.1) is 5.39 Å². The van der Waals surface area contributed by atoms with Crippen LogP contribution in [0.4, 0.5) is 4.39 Å². The maximum Gasteiger partial charge on any atom is 0.323 e. The molecule has 0 saturated carbocycles. The van der Waals surface area contributed by atoms with Crippen molar-refractivity contribution < 1.29 is 14.3 Å². The third kappa shape index (κ3) is 2.82. The second kappa shape index (κ2) is 6.16. The fraction of sp³-hybridized carbons (Fsp3) is 0.235. The van der Waals surface area contributed by atoms with E-state index >= 15 is 0 Å². The van der Waals surface area contributed by atoms with Gasteiger partial charge >= 0.3 is 5.97 Å². The van der Waals surface area contributed by atoms with Crippen molar-refractivity contribution in [2.75, 3.05) is 0 Å². The van der Waals surface area contributed by atoms with Crippen LogP contribution < -0.4 is 5.56 Å². The molecule has 1 aromatic carbocycles. The zero-order valence-corrected chi connectivity index (χ0v) is 13.9. The zero-order chi connectivity index (χ0) is 17.4. The van der Waals surface area contributed by atoms with Crippen molar-refractivity contribution in [1.29, 1.82) is 0 Å². The Hall–Kier alpha value is -2.54. The Bertz CT molecular complexity index is 974. The van der Waals surface area contributed by atoms with Gasteiger partial charge in [-0.1, -0.05) is 26.0 Å². The molecule has 3 aromatic rings. The van der Waals surface area contributed by atoms with E-state index in [9.17, 15) is 14.0 Å². The number of halogens is 1. The highest BCUT2D eigenvalue weighted by atomic mass is 32.1. The molecule has 0 spiro atoms. The van der Waals surface area contributed by atoms with E-state index in [1.807, 2.05) is 13.8 Å². The van der Waals surface area contributed by atoms with E-state index in [4.69, 9.17) is 5.11 Å². The normalized spacial score (nSPS) is 11.3. The number of aromatic nitrogens is 2. The molecule has 7 heteroatoms. The number of carbonyl (C=O) groups is 1.